The third-order valence-electron chi connectivity index (χ3n) is 5.80. The van der Waals surface area contributed by atoms with Gasteiger partial charge in [0.2, 0.25) is 0 Å². The molecule has 3 saturated heterocycles. The van der Waals surface area contributed by atoms with E-state index < -0.39 is 0 Å². The van der Waals surface area contributed by atoms with Crippen molar-refractivity contribution in [3.8, 4) is 0 Å². The minimum absolute atomic E-state index is 0.481. The van der Waals surface area contributed by atoms with Gasteiger partial charge in [-0.05, 0) is 77.5 Å². The number of fused-ring (bicyclic) bond motifs is 2. The Balaban J connectivity index is 1.49. The van der Waals surface area contributed by atoms with Crippen LogP contribution in [0.15, 0.2) is 0 Å². The van der Waals surface area contributed by atoms with E-state index in [4.69, 9.17) is 5.73 Å². The van der Waals surface area contributed by atoms with E-state index in [1.165, 1.54) is 71.0 Å². The third kappa shape index (κ3) is 3.32. The maximum Gasteiger partial charge on any atom is 0.0113 e. The molecule has 110 valence electrons. The number of piperidine rings is 3. The van der Waals surface area contributed by atoms with Crippen molar-refractivity contribution >= 4 is 0 Å². The van der Waals surface area contributed by atoms with Gasteiger partial charge in [-0.2, -0.15) is 0 Å². The standard InChI is InChI=1S/C16H31N3/c1-18-8-5-13(6-9-18)7-10-19-15-3-2-4-16(19)12-14(17)11-15/h13-16H,2-12,17H2,1H3. The van der Waals surface area contributed by atoms with Gasteiger partial charge in [0.25, 0.3) is 0 Å². The number of rotatable bonds is 3. The molecule has 3 nitrogen and oxygen atoms in total. The van der Waals surface area contributed by atoms with Crippen molar-refractivity contribution in [1.82, 2.24) is 9.80 Å². The molecule has 3 aliphatic rings. The molecule has 3 aliphatic heterocycles. The average molecular weight is 265 g/mol. The zero-order chi connectivity index (χ0) is 13.2. The zero-order valence-electron chi connectivity index (χ0n) is 12.6. The van der Waals surface area contributed by atoms with Crippen molar-refractivity contribution in [2.75, 3.05) is 26.7 Å². The summed E-state index contributed by atoms with van der Waals surface area (Å²) in [5.41, 5.74) is 6.21. The molecule has 3 rings (SSSR count). The van der Waals surface area contributed by atoms with E-state index in [1.807, 2.05) is 0 Å². The topological polar surface area (TPSA) is 32.5 Å². The fraction of sp³-hybridized carbons (Fsp3) is 1.00. The van der Waals surface area contributed by atoms with Crippen LogP contribution in [0.25, 0.3) is 0 Å². The summed E-state index contributed by atoms with van der Waals surface area (Å²) in [6, 6.07) is 2.11. The summed E-state index contributed by atoms with van der Waals surface area (Å²) in [6.45, 7) is 3.96. The Morgan fingerprint density at radius 3 is 2.26 bits per heavy atom. The predicted octanol–water partition coefficient (Wildman–Crippen LogP) is 2.06. The van der Waals surface area contributed by atoms with Crippen LogP contribution in [0.2, 0.25) is 0 Å². The lowest BCUT2D eigenvalue weighted by atomic mass is 9.81. The Bertz CT molecular complexity index is 272. The summed E-state index contributed by atoms with van der Waals surface area (Å²) in [7, 11) is 2.26. The highest BCUT2D eigenvalue weighted by Crippen LogP contribution is 2.34. The van der Waals surface area contributed by atoms with E-state index >= 15 is 0 Å². The molecule has 0 aromatic heterocycles. The molecule has 3 heteroatoms. The minimum Gasteiger partial charge on any atom is -0.328 e. The smallest absolute Gasteiger partial charge is 0.0113 e. The summed E-state index contributed by atoms with van der Waals surface area (Å²) in [4.78, 5) is 5.32. The summed E-state index contributed by atoms with van der Waals surface area (Å²) in [5, 5.41) is 0. The van der Waals surface area contributed by atoms with Gasteiger partial charge in [-0.3, -0.25) is 4.90 Å². The van der Waals surface area contributed by atoms with E-state index in [9.17, 15) is 0 Å². The van der Waals surface area contributed by atoms with Gasteiger partial charge in [-0.25, -0.2) is 0 Å². The fourth-order valence-corrected chi connectivity index (χ4v) is 4.57. The van der Waals surface area contributed by atoms with Gasteiger partial charge in [0.1, 0.15) is 0 Å². The molecule has 0 saturated carbocycles. The van der Waals surface area contributed by atoms with Gasteiger partial charge < -0.3 is 10.6 Å². The predicted molar refractivity (Wildman–Crippen MR) is 80.2 cm³/mol. The molecule has 0 spiro atoms. The average Bonchev–Trinajstić information content (AvgIpc) is 2.38. The molecule has 0 aromatic rings. The Labute approximate surface area is 118 Å². The molecule has 3 heterocycles. The van der Waals surface area contributed by atoms with Crippen LogP contribution in [-0.2, 0) is 0 Å². The normalized spacial score (nSPS) is 38.5. The Kier molecular flexibility index (Phi) is 4.45. The van der Waals surface area contributed by atoms with Crippen LogP contribution in [0.1, 0.15) is 51.4 Å². The van der Waals surface area contributed by atoms with Crippen LogP contribution < -0.4 is 5.73 Å². The van der Waals surface area contributed by atoms with Gasteiger partial charge in [0, 0.05) is 18.1 Å². The van der Waals surface area contributed by atoms with Crippen molar-refractivity contribution in [2.45, 2.75) is 69.5 Å². The molecule has 19 heavy (non-hydrogen) atoms. The minimum atomic E-state index is 0.481. The molecular formula is C16H31N3. The first-order chi connectivity index (χ1) is 9.22. The molecule has 2 atom stereocenters. The summed E-state index contributed by atoms with van der Waals surface area (Å²) < 4.78 is 0. The molecular weight excluding hydrogens is 234 g/mol. The maximum atomic E-state index is 6.21. The molecule has 2 unspecified atom stereocenters. The second kappa shape index (κ2) is 6.11. The number of nitrogens with zero attached hydrogens (tertiary/aromatic N) is 2. The largest absolute Gasteiger partial charge is 0.328 e. The summed E-state index contributed by atoms with van der Waals surface area (Å²) >= 11 is 0. The van der Waals surface area contributed by atoms with E-state index in [0.29, 0.717) is 6.04 Å². The van der Waals surface area contributed by atoms with Gasteiger partial charge in [-0.15, -0.1) is 0 Å². The first-order valence-electron chi connectivity index (χ1n) is 8.42. The lowest BCUT2D eigenvalue weighted by Gasteiger charge is -2.48. The van der Waals surface area contributed by atoms with Crippen molar-refractivity contribution in [2.24, 2.45) is 11.7 Å². The van der Waals surface area contributed by atoms with Gasteiger partial charge in [-0.1, -0.05) is 6.42 Å². The SMILES string of the molecule is CN1CCC(CCN2C3CCCC2CC(N)C3)CC1. The number of nitrogens with two attached hydrogens (primary N) is 1. The molecule has 0 aliphatic carbocycles. The lowest BCUT2D eigenvalue weighted by molar-refractivity contribution is 0.0245. The van der Waals surface area contributed by atoms with Crippen molar-refractivity contribution in [1.29, 1.82) is 0 Å². The van der Waals surface area contributed by atoms with E-state index in [-0.39, 0.29) is 0 Å². The van der Waals surface area contributed by atoms with Crippen molar-refractivity contribution < 1.29 is 0 Å². The van der Waals surface area contributed by atoms with Crippen LogP contribution in [0, 0.1) is 5.92 Å². The molecule has 0 aromatic carbocycles. The second-order valence-corrected chi connectivity index (χ2v) is 7.24. The molecule has 0 amide bonds. The molecule has 2 bridgehead atoms. The van der Waals surface area contributed by atoms with Crippen LogP contribution in [0.4, 0.5) is 0 Å². The Hall–Kier alpha value is -0.120. The molecule has 0 radical (unpaired) electrons. The van der Waals surface area contributed by atoms with Crippen LogP contribution in [0.5, 0.6) is 0 Å². The maximum absolute atomic E-state index is 6.21. The van der Waals surface area contributed by atoms with Crippen molar-refractivity contribution in [3.05, 3.63) is 0 Å². The van der Waals surface area contributed by atoms with E-state index in [0.717, 1.165) is 18.0 Å². The third-order valence-corrected chi connectivity index (χ3v) is 5.80. The Morgan fingerprint density at radius 1 is 1.00 bits per heavy atom. The number of hydrogen-bond acceptors (Lipinski definition) is 3. The monoisotopic (exact) mass is 265 g/mol. The van der Waals surface area contributed by atoms with E-state index in [1.54, 1.807) is 0 Å². The zero-order valence-corrected chi connectivity index (χ0v) is 12.6. The first-order valence-corrected chi connectivity index (χ1v) is 8.42. The van der Waals surface area contributed by atoms with Crippen LogP contribution in [0.3, 0.4) is 0 Å². The van der Waals surface area contributed by atoms with Gasteiger partial charge >= 0.3 is 0 Å². The number of likely N-dealkylation sites (tertiary alicyclic amines) is 1. The summed E-state index contributed by atoms with van der Waals surface area (Å²) in [5.74, 6) is 0.979. The second-order valence-electron chi connectivity index (χ2n) is 7.24. The highest BCUT2D eigenvalue weighted by atomic mass is 15.2. The number of hydrogen-bond donors (Lipinski definition) is 1. The quantitative estimate of drug-likeness (QED) is 0.848. The highest BCUT2D eigenvalue weighted by molar-refractivity contribution is 4.94. The van der Waals surface area contributed by atoms with Crippen LogP contribution in [-0.4, -0.2) is 54.6 Å². The van der Waals surface area contributed by atoms with Gasteiger partial charge in [0.15, 0.2) is 0 Å². The molecule has 2 N–H and O–H groups in total. The highest BCUT2D eigenvalue weighted by Gasteiger charge is 2.36. The van der Waals surface area contributed by atoms with Gasteiger partial charge in [0.05, 0.1) is 0 Å². The lowest BCUT2D eigenvalue weighted by Crippen LogP contribution is -2.55. The van der Waals surface area contributed by atoms with E-state index in [2.05, 4.69) is 16.8 Å². The first kappa shape index (κ1) is 13.8. The molecule has 3 fully saturated rings. The Morgan fingerprint density at radius 2 is 1.63 bits per heavy atom. The van der Waals surface area contributed by atoms with Crippen LogP contribution >= 0.6 is 0 Å². The fourth-order valence-electron chi connectivity index (χ4n) is 4.57. The summed E-state index contributed by atoms with van der Waals surface area (Å²) in [6.07, 6.45) is 11.0. The van der Waals surface area contributed by atoms with Crippen molar-refractivity contribution in [3.63, 3.8) is 0 Å².